The molecule has 1 aromatic carbocycles. The van der Waals surface area contributed by atoms with Gasteiger partial charge in [0.25, 0.3) is 11.6 Å². The number of carbonyl (C=O) groups excluding carboxylic acids is 1. The summed E-state index contributed by atoms with van der Waals surface area (Å²) in [5.41, 5.74) is 2.57. The van der Waals surface area contributed by atoms with Crippen LogP contribution in [0.1, 0.15) is 29.9 Å². The Morgan fingerprint density at radius 3 is 2.61 bits per heavy atom. The maximum absolute atomic E-state index is 13.1. The van der Waals surface area contributed by atoms with Crippen LogP contribution in [0.4, 0.5) is 4.39 Å². The minimum Gasteiger partial charge on any atom is -0.350 e. The first kappa shape index (κ1) is 15.1. The summed E-state index contributed by atoms with van der Waals surface area (Å²) in [5.74, 6) is -0.551. The number of carbonyl (C=O) groups is 1. The molecule has 0 saturated carbocycles. The van der Waals surface area contributed by atoms with Crippen LogP contribution in [0.15, 0.2) is 34.9 Å². The van der Waals surface area contributed by atoms with Gasteiger partial charge in [-0.05, 0) is 51.1 Å². The highest BCUT2D eigenvalue weighted by molar-refractivity contribution is 6.07. The van der Waals surface area contributed by atoms with E-state index in [0.29, 0.717) is 33.6 Å². The molecule has 0 fully saturated rings. The number of amides is 1. The summed E-state index contributed by atoms with van der Waals surface area (Å²) >= 11 is 0. The van der Waals surface area contributed by atoms with Crippen molar-refractivity contribution in [2.45, 2.75) is 26.8 Å². The summed E-state index contributed by atoms with van der Waals surface area (Å²) in [5, 5.41) is 7.34. The third kappa shape index (κ3) is 2.92. The van der Waals surface area contributed by atoms with Gasteiger partial charge < -0.3 is 9.84 Å². The molecule has 3 rings (SSSR count). The van der Waals surface area contributed by atoms with E-state index in [1.165, 1.54) is 12.1 Å². The lowest BCUT2D eigenvalue weighted by Gasteiger charge is -2.10. The summed E-state index contributed by atoms with van der Waals surface area (Å²) in [6.07, 6.45) is 0. The molecule has 0 radical (unpaired) electrons. The molecule has 0 bridgehead atoms. The van der Waals surface area contributed by atoms with Gasteiger partial charge in [0.05, 0.1) is 22.3 Å². The van der Waals surface area contributed by atoms with Gasteiger partial charge in [-0.3, -0.25) is 4.79 Å². The van der Waals surface area contributed by atoms with Crippen molar-refractivity contribution in [3.05, 3.63) is 47.4 Å². The van der Waals surface area contributed by atoms with E-state index in [4.69, 9.17) is 4.52 Å². The predicted octanol–water partition coefficient (Wildman–Crippen LogP) is 3.48. The van der Waals surface area contributed by atoms with E-state index >= 15 is 0 Å². The number of fused-ring (bicyclic) bond motifs is 1. The zero-order chi connectivity index (χ0) is 16.6. The number of aromatic nitrogens is 2. The van der Waals surface area contributed by atoms with Gasteiger partial charge in [0, 0.05) is 11.6 Å². The highest BCUT2D eigenvalue weighted by Crippen LogP contribution is 2.27. The molecule has 5 nitrogen and oxygen atoms in total. The SMILES string of the molecule is Cc1noc2nc(-c3ccc(F)cc3)cc(C(=O)NC(C)C)c12. The Morgan fingerprint density at radius 2 is 1.96 bits per heavy atom. The fraction of sp³-hybridized carbons (Fsp3) is 0.235. The van der Waals surface area contributed by atoms with Gasteiger partial charge in [-0.2, -0.15) is 0 Å². The Morgan fingerprint density at radius 1 is 1.26 bits per heavy atom. The summed E-state index contributed by atoms with van der Waals surface area (Å²) in [4.78, 5) is 16.9. The van der Waals surface area contributed by atoms with Gasteiger partial charge in [-0.25, -0.2) is 9.37 Å². The number of hydrogen-bond donors (Lipinski definition) is 1. The second-order valence-corrected chi connectivity index (χ2v) is 5.64. The number of pyridine rings is 1. The maximum Gasteiger partial charge on any atom is 0.259 e. The van der Waals surface area contributed by atoms with Crippen LogP contribution in [0.3, 0.4) is 0 Å². The lowest BCUT2D eigenvalue weighted by Crippen LogP contribution is -2.30. The van der Waals surface area contributed by atoms with E-state index in [9.17, 15) is 9.18 Å². The number of nitrogens with one attached hydrogen (secondary N) is 1. The highest BCUT2D eigenvalue weighted by atomic mass is 19.1. The Hall–Kier alpha value is -2.76. The van der Waals surface area contributed by atoms with Crippen molar-refractivity contribution in [1.29, 1.82) is 0 Å². The van der Waals surface area contributed by atoms with Gasteiger partial charge in [-0.1, -0.05) is 5.16 Å². The molecule has 1 amide bonds. The molecule has 0 spiro atoms. The van der Waals surface area contributed by atoms with E-state index in [1.54, 1.807) is 25.1 Å². The molecule has 0 aliphatic heterocycles. The fourth-order valence-corrected chi connectivity index (χ4v) is 2.38. The van der Waals surface area contributed by atoms with Crippen molar-refractivity contribution in [3.8, 4) is 11.3 Å². The quantitative estimate of drug-likeness (QED) is 0.804. The van der Waals surface area contributed by atoms with Gasteiger partial charge in [-0.15, -0.1) is 0 Å². The Balaban J connectivity index is 2.18. The second kappa shape index (κ2) is 5.79. The highest BCUT2D eigenvalue weighted by Gasteiger charge is 2.19. The predicted molar refractivity (Wildman–Crippen MR) is 84.5 cm³/mol. The molecule has 2 aromatic heterocycles. The average molecular weight is 313 g/mol. The first-order valence-electron chi connectivity index (χ1n) is 7.29. The molecule has 0 unspecified atom stereocenters. The molecule has 118 valence electrons. The summed E-state index contributed by atoms with van der Waals surface area (Å²) in [6, 6.07) is 7.59. The number of benzene rings is 1. The van der Waals surface area contributed by atoms with Crippen molar-refractivity contribution in [1.82, 2.24) is 15.5 Å². The molecule has 6 heteroatoms. The van der Waals surface area contributed by atoms with Crippen molar-refractivity contribution in [2.75, 3.05) is 0 Å². The number of nitrogens with zero attached hydrogens (tertiary/aromatic N) is 2. The van der Waals surface area contributed by atoms with Crippen LogP contribution in [-0.2, 0) is 0 Å². The monoisotopic (exact) mass is 313 g/mol. The molecule has 0 saturated heterocycles. The second-order valence-electron chi connectivity index (χ2n) is 5.64. The van der Waals surface area contributed by atoms with E-state index in [0.717, 1.165) is 0 Å². The van der Waals surface area contributed by atoms with Crippen molar-refractivity contribution in [2.24, 2.45) is 0 Å². The van der Waals surface area contributed by atoms with Gasteiger partial charge in [0.2, 0.25) is 0 Å². The molecular formula is C17H16FN3O2. The van der Waals surface area contributed by atoms with Gasteiger partial charge in [0.1, 0.15) is 5.82 Å². The summed E-state index contributed by atoms with van der Waals surface area (Å²) in [7, 11) is 0. The van der Waals surface area contributed by atoms with Crippen LogP contribution < -0.4 is 5.32 Å². The van der Waals surface area contributed by atoms with Crippen LogP contribution >= 0.6 is 0 Å². The maximum atomic E-state index is 13.1. The Bertz CT molecular complexity index is 869. The topological polar surface area (TPSA) is 68.0 Å². The minimum absolute atomic E-state index is 0.000141. The van der Waals surface area contributed by atoms with Crippen LogP contribution in [0.2, 0.25) is 0 Å². The largest absolute Gasteiger partial charge is 0.350 e. The molecular weight excluding hydrogens is 297 g/mol. The van der Waals surface area contributed by atoms with Crippen molar-refractivity contribution >= 4 is 17.0 Å². The lowest BCUT2D eigenvalue weighted by molar-refractivity contribution is 0.0944. The number of halogens is 1. The summed E-state index contributed by atoms with van der Waals surface area (Å²) in [6.45, 7) is 5.53. The van der Waals surface area contributed by atoms with Gasteiger partial charge in [0.15, 0.2) is 0 Å². The molecule has 3 aromatic rings. The first-order valence-corrected chi connectivity index (χ1v) is 7.29. The van der Waals surface area contributed by atoms with E-state index in [-0.39, 0.29) is 17.8 Å². The van der Waals surface area contributed by atoms with Crippen LogP contribution in [0.25, 0.3) is 22.4 Å². The van der Waals surface area contributed by atoms with Gasteiger partial charge >= 0.3 is 0 Å². The van der Waals surface area contributed by atoms with E-state index < -0.39 is 0 Å². The average Bonchev–Trinajstić information content (AvgIpc) is 2.88. The molecule has 0 aliphatic carbocycles. The number of hydrogen-bond acceptors (Lipinski definition) is 4. The third-order valence-corrected chi connectivity index (χ3v) is 3.42. The molecule has 2 heterocycles. The normalized spacial score (nSPS) is 11.2. The Kier molecular flexibility index (Phi) is 3.82. The third-order valence-electron chi connectivity index (χ3n) is 3.42. The van der Waals surface area contributed by atoms with E-state index in [2.05, 4.69) is 15.5 Å². The Labute approximate surface area is 132 Å². The molecule has 1 N–H and O–H groups in total. The molecule has 0 aliphatic rings. The molecule has 0 atom stereocenters. The fourth-order valence-electron chi connectivity index (χ4n) is 2.38. The number of rotatable bonds is 3. The van der Waals surface area contributed by atoms with Crippen LogP contribution in [0, 0.1) is 12.7 Å². The van der Waals surface area contributed by atoms with Crippen LogP contribution in [-0.4, -0.2) is 22.1 Å². The smallest absolute Gasteiger partial charge is 0.259 e. The summed E-state index contributed by atoms with van der Waals surface area (Å²) < 4.78 is 18.3. The lowest BCUT2D eigenvalue weighted by atomic mass is 10.0. The zero-order valence-electron chi connectivity index (χ0n) is 13.1. The number of aryl methyl sites for hydroxylation is 1. The minimum atomic E-state index is -0.330. The van der Waals surface area contributed by atoms with Crippen molar-refractivity contribution < 1.29 is 13.7 Å². The molecule has 23 heavy (non-hydrogen) atoms. The van der Waals surface area contributed by atoms with Crippen molar-refractivity contribution in [3.63, 3.8) is 0 Å². The first-order chi connectivity index (χ1) is 11.0. The standard InChI is InChI=1S/C17H16FN3O2/c1-9(2)19-16(22)13-8-14(11-4-6-12(18)7-5-11)20-17-15(13)10(3)21-23-17/h4-9H,1-3H3,(H,19,22). The van der Waals surface area contributed by atoms with Crippen LogP contribution in [0.5, 0.6) is 0 Å². The van der Waals surface area contributed by atoms with E-state index in [1.807, 2.05) is 13.8 Å². The zero-order valence-corrected chi connectivity index (χ0v) is 13.1.